The molecule has 0 aliphatic heterocycles. The smallest absolute Gasteiger partial charge is 0.342 e. The van der Waals surface area contributed by atoms with E-state index in [1.165, 1.54) is 12.1 Å². The first kappa shape index (κ1) is 9.38. The van der Waals surface area contributed by atoms with Crippen molar-refractivity contribution in [2.45, 2.75) is 6.17 Å². The SMILES string of the molecule is COC(=O)C(F)C(C#N)C#N. The van der Waals surface area contributed by atoms with Crippen molar-refractivity contribution in [3.63, 3.8) is 0 Å². The Kier molecular flexibility index (Phi) is 3.61. The number of nitriles is 2. The Labute approximate surface area is 62.8 Å². The van der Waals surface area contributed by atoms with Crippen molar-refractivity contribution in [3.8, 4) is 12.1 Å². The van der Waals surface area contributed by atoms with Crippen molar-refractivity contribution in [3.05, 3.63) is 0 Å². The lowest BCUT2D eigenvalue weighted by Gasteiger charge is -2.03. The Bertz CT molecular complexity index is 214. The summed E-state index contributed by atoms with van der Waals surface area (Å²) >= 11 is 0. The van der Waals surface area contributed by atoms with Gasteiger partial charge in [0.25, 0.3) is 0 Å². The first-order valence-electron chi connectivity index (χ1n) is 2.68. The summed E-state index contributed by atoms with van der Waals surface area (Å²) in [5.74, 6) is -2.78. The second-order valence-electron chi connectivity index (χ2n) is 1.66. The van der Waals surface area contributed by atoms with Crippen LogP contribution in [-0.4, -0.2) is 19.3 Å². The van der Waals surface area contributed by atoms with Gasteiger partial charge in [-0.15, -0.1) is 0 Å². The maximum atomic E-state index is 12.5. The van der Waals surface area contributed by atoms with Gasteiger partial charge in [0.2, 0.25) is 6.17 Å². The van der Waals surface area contributed by atoms with E-state index in [-0.39, 0.29) is 0 Å². The fourth-order valence-electron chi connectivity index (χ4n) is 0.408. The number of carbonyl (C=O) groups is 1. The zero-order valence-electron chi connectivity index (χ0n) is 5.74. The molecule has 0 rings (SSSR count). The van der Waals surface area contributed by atoms with Crippen molar-refractivity contribution in [2.24, 2.45) is 5.92 Å². The summed E-state index contributed by atoms with van der Waals surface area (Å²) in [4.78, 5) is 10.4. The van der Waals surface area contributed by atoms with Crippen LogP contribution in [0.4, 0.5) is 4.39 Å². The number of alkyl halides is 1. The fraction of sp³-hybridized carbons (Fsp3) is 0.500. The molecule has 0 aliphatic carbocycles. The molecule has 0 aliphatic rings. The van der Waals surface area contributed by atoms with Crippen LogP contribution in [0.3, 0.4) is 0 Å². The number of halogens is 1. The zero-order valence-corrected chi connectivity index (χ0v) is 5.74. The van der Waals surface area contributed by atoms with Gasteiger partial charge in [0.15, 0.2) is 5.92 Å². The zero-order chi connectivity index (χ0) is 8.85. The molecule has 0 saturated carbocycles. The molecule has 4 nitrogen and oxygen atoms in total. The molecular formula is C6H5FN2O2. The number of ether oxygens (including phenoxy) is 1. The van der Waals surface area contributed by atoms with Crippen LogP contribution in [0.2, 0.25) is 0 Å². The third-order valence-corrected chi connectivity index (χ3v) is 0.997. The Balaban J connectivity index is 4.26. The summed E-state index contributed by atoms with van der Waals surface area (Å²) in [5.41, 5.74) is 0. The molecule has 0 aromatic heterocycles. The molecular weight excluding hydrogens is 151 g/mol. The highest BCUT2D eigenvalue weighted by Gasteiger charge is 2.28. The normalized spacial score (nSPS) is 11.4. The van der Waals surface area contributed by atoms with Crippen molar-refractivity contribution < 1.29 is 13.9 Å². The third-order valence-electron chi connectivity index (χ3n) is 0.997. The highest BCUT2D eigenvalue weighted by atomic mass is 19.1. The Hall–Kier alpha value is -1.62. The first-order chi connectivity index (χ1) is 5.17. The van der Waals surface area contributed by atoms with E-state index in [2.05, 4.69) is 4.74 Å². The van der Waals surface area contributed by atoms with E-state index in [1.54, 1.807) is 0 Å². The fourth-order valence-corrected chi connectivity index (χ4v) is 0.408. The van der Waals surface area contributed by atoms with Gasteiger partial charge in [-0.2, -0.15) is 10.5 Å². The minimum atomic E-state index is -2.17. The molecule has 0 spiro atoms. The molecule has 5 heteroatoms. The summed E-state index contributed by atoms with van der Waals surface area (Å²) in [6.45, 7) is 0. The minimum Gasteiger partial charge on any atom is -0.467 e. The van der Waals surface area contributed by atoms with Crippen LogP contribution in [0.1, 0.15) is 0 Å². The largest absolute Gasteiger partial charge is 0.467 e. The molecule has 11 heavy (non-hydrogen) atoms. The number of hydrogen-bond acceptors (Lipinski definition) is 4. The number of carbonyl (C=O) groups excluding carboxylic acids is 1. The van der Waals surface area contributed by atoms with Crippen LogP contribution < -0.4 is 0 Å². The quantitative estimate of drug-likeness (QED) is 0.534. The molecule has 0 radical (unpaired) electrons. The molecule has 1 unspecified atom stereocenters. The lowest BCUT2D eigenvalue weighted by molar-refractivity contribution is -0.147. The molecule has 0 bridgehead atoms. The molecule has 0 aromatic rings. The molecule has 0 N–H and O–H groups in total. The Morgan fingerprint density at radius 2 is 2.00 bits per heavy atom. The molecule has 0 saturated heterocycles. The van der Waals surface area contributed by atoms with Gasteiger partial charge in [0.05, 0.1) is 19.2 Å². The third kappa shape index (κ3) is 2.23. The highest BCUT2D eigenvalue weighted by molar-refractivity contribution is 5.75. The van der Waals surface area contributed by atoms with Gasteiger partial charge in [-0.05, 0) is 0 Å². The standard InChI is InChI=1S/C6H5FN2O2/c1-11-6(10)5(7)4(2-8)3-9/h4-5H,1H3. The van der Waals surface area contributed by atoms with Crippen molar-refractivity contribution >= 4 is 5.97 Å². The summed E-state index contributed by atoms with van der Waals surface area (Å²) in [6, 6.07) is 2.66. The summed E-state index contributed by atoms with van der Waals surface area (Å²) in [7, 11) is 0.987. The average molecular weight is 156 g/mol. The van der Waals surface area contributed by atoms with Crippen LogP contribution in [0.25, 0.3) is 0 Å². The van der Waals surface area contributed by atoms with Gasteiger partial charge in [0, 0.05) is 0 Å². The van der Waals surface area contributed by atoms with Gasteiger partial charge in [0.1, 0.15) is 0 Å². The van der Waals surface area contributed by atoms with Crippen LogP contribution in [0.5, 0.6) is 0 Å². The monoisotopic (exact) mass is 156 g/mol. The maximum absolute atomic E-state index is 12.5. The van der Waals surface area contributed by atoms with Crippen molar-refractivity contribution in [1.29, 1.82) is 10.5 Å². The first-order valence-corrected chi connectivity index (χ1v) is 2.68. The average Bonchev–Trinajstić information content (AvgIpc) is 2.05. The van der Waals surface area contributed by atoms with Crippen molar-refractivity contribution in [2.75, 3.05) is 7.11 Å². The van der Waals surface area contributed by atoms with Gasteiger partial charge in [-0.1, -0.05) is 0 Å². The Morgan fingerprint density at radius 1 is 1.55 bits per heavy atom. The Morgan fingerprint density at radius 3 is 2.27 bits per heavy atom. The van der Waals surface area contributed by atoms with E-state index in [4.69, 9.17) is 10.5 Å². The molecule has 0 heterocycles. The van der Waals surface area contributed by atoms with E-state index >= 15 is 0 Å². The van der Waals surface area contributed by atoms with Gasteiger partial charge in [-0.25, -0.2) is 9.18 Å². The summed E-state index contributed by atoms with van der Waals surface area (Å²) in [6.07, 6.45) is -2.17. The van der Waals surface area contributed by atoms with E-state index < -0.39 is 18.1 Å². The minimum absolute atomic E-state index is 0.987. The van der Waals surface area contributed by atoms with Crippen molar-refractivity contribution in [1.82, 2.24) is 0 Å². The van der Waals surface area contributed by atoms with Gasteiger partial charge >= 0.3 is 5.97 Å². The number of nitrogens with zero attached hydrogens (tertiary/aromatic N) is 2. The lowest BCUT2D eigenvalue weighted by atomic mass is 10.1. The number of methoxy groups -OCH3 is 1. The lowest BCUT2D eigenvalue weighted by Crippen LogP contribution is -2.24. The van der Waals surface area contributed by atoms with Gasteiger partial charge < -0.3 is 4.74 Å². The topological polar surface area (TPSA) is 73.9 Å². The molecule has 0 amide bonds. The predicted molar refractivity (Wildman–Crippen MR) is 31.6 cm³/mol. The van der Waals surface area contributed by atoms with Crippen LogP contribution >= 0.6 is 0 Å². The molecule has 0 fully saturated rings. The van der Waals surface area contributed by atoms with Gasteiger partial charge in [-0.3, -0.25) is 0 Å². The van der Waals surface area contributed by atoms with E-state index in [9.17, 15) is 9.18 Å². The second-order valence-corrected chi connectivity index (χ2v) is 1.66. The maximum Gasteiger partial charge on any atom is 0.342 e. The molecule has 1 atom stereocenters. The van der Waals surface area contributed by atoms with E-state index in [0.717, 1.165) is 7.11 Å². The number of rotatable bonds is 2. The summed E-state index contributed by atoms with van der Waals surface area (Å²) in [5, 5.41) is 16.2. The second kappa shape index (κ2) is 4.24. The van der Waals surface area contributed by atoms with E-state index in [0.29, 0.717) is 0 Å². The predicted octanol–water partition coefficient (Wildman–Crippen LogP) is 0.161. The summed E-state index contributed by atoms with van der Waals surface area (Å²) < 4.78 is 16.5. The van der Waals surface area contributed by atoms with Crippen LogP contribution in [-0.2, 0) is 9.53 Å². The van der Waals surface area contributed by atoms with Crippen LogP contribution in [0, 0.1) is 28.6 Å². The number of hydrogen-bond donors (Lipinski definition) is 0. The van der Waals surface area contributed by atoms with Crippen LogP contribution in [0.15, 0.2) is 0 Å². The molecule has 58 valence electrons. The number of esters is 1. The molecule has 0 aromatic carbocycles. The van der Waals surface area contributed by atoms with E-state index in [1.807, 2.05) is 0 Å². The highest BCUT2D eigenvalue weighted by Crippen LogP contribution is 2.06.